The standard InChI is InChI=1S/C13H19N3O4/c1-4-20-12-8(2)11(14-7-15-12)16(3)10-6-19-5-9(10)13(17)18/h7,9-10H,4-6H2,1-3H3,(H,17,18). The van der Waals surface area contributed by atoms with Crippen LogP contribution in [0.4, 0.5) is 5.82 Å². The van der Waals surface area contributed by atoms with Crippen molar-refractivity contribution >= 4 is 11.8 Å². The van der Waals surface area contributed by atoms with Crippen molar-refractivity contribution in [3.05, 3.63) is 11.9 Å². The number of carbonyl (C=O) groups is 1. The van der Waals surface area contributed by atoms with Crippen LogP contribution in [0.3, 0.4) is 0 Å². The van der Waals surface area contributed by atoms with Gasteiger partial charge in [0, 0.05) is 7.05 Å². The molecule has 0 radical (unpaired) electrons. The summed E-state index contributed by atoms with van der Waals surface area (Å²) in [5, 5.41) is 9.22. The minimum Gasteiger partial charge on any atom is -0.481 e. The number of rotatable bonds is 5. The summed E-state index contributed by atoms with van der Waals surface area (Å²) in [5.41, 5.74) is 0.799. The van der Waals surface area contributed by atoms with Gasteiger partial charge in [0.2, 0.25) is 5.88 Å². The summed E-state index contributed by atoms with van der Waals surface area (Å²) in [6.07, 6.45) is 1.43. The van der Waals surface area contributed by atoms with E-state index in [4.69, 9.17) is 9.47 Å². The van der Waals surface area contributed by atoms with Crippen LogP contribution < -0.4 is 9.64 Å². The number of ether oxygens (including phenoxy) is 2. The summed E-state index contributed by atoms with van der Waals surface area (Å²) in [4.78, 5) is 21.4. The fourth-order valence-electron chi connectivity index (χ4n) is 2.38. The number of anilines is 1. The van der Waals surface area contributed by atoms with E-state index in [-0.39, 0.29) is 12.6 Å². The molecule has 1 aromatic heterocycles. The van der Waals surface area contributed by atoms with Crippen molar-refractivity contribution in [3.8, 4) is 5.88 Å². The van der Waals surface area contributed by atoms with Crippen LogP contribution in [-0.4, -0.2) is 54.0 Å². The van der Waals surface area contributed by atoms with Crippen molar-refractivity contribution in [2.75, 3.05) is 31.8 Å². The third kappa shape index (κ3) is 2.67. The molecular weight excluding hydrogens is 262 g/mol. The van der Waals surface area contributed by atoms with Crippen molar-refractivity contribution in [2.24, 2.45) is 5.92 Å². The number of carboxylic acids is 1. The second-order valence-electron chi connectivity index (χ2n) is 4.72. The molecule has 0 aliphatic carbocycles. The van der Waals surface area contributed by atoms with Crippen LogP contribution in [0.1, 0.15) is 12.5 Å². The molecule has 7 heteroatoms. The van der Waals surface area contributed by atoms with Crippen molar-refractivity contribution in [3.63, 3.8) is 0 Å². The molecule has 0 spiro atoms. The van der Waals surface area contributed by atoms with Gasteiger partial charge in [0.15, 0.2) is 0 Å². The van der Waals surface area contributed by atoms with E-state index in [0.29, 0.717) is 24.9 Å². The first-order chi connectivity index (χ1) is 9.56. The van der Waals surface area contributed by atoms with E-state index in [0.717, 1.165) is 5.56 Å². The molecule has 0 amide bonds. The summed E-state index contributed by atoms with van der Waals surface area (Å²) in [6, 6.07) is -0.240. The quantitative estimate of drug-likeness (QED) is 0.851. The second-order valence-corrected chi connectivity index (χ2v) is 4.72. The first-order valence-corrected chi connectivity index (χ1v) is 6.54. The number of nitrogens with zero attached hydrogens (tertiary/aromatic N) is 3. The smallest absolute Gasteiger partial charge is 0.311 e. The van der Waals surface area contributed by atoms with E-state index >= 15 is 0 Å². The third-order valence-corrected chi connectivity index (χ3v) is 3.49. The predicted octanol–water partition coefficient (Wildman–Crippen LogP) is 0.720. The number of hydrogen-bond acceptors (Lipinski definition) is 6. The van der Waals surface area contributed by atoms with Gasteiger partial charge in [0.1, 0.15) is 18.1 Å². The SMILES string of the molecule is CCOc1ncnc(N(C)C2COCC2C(=O)O)c1C. The minimum atomic E-state index is -0.851. The lowest BCUT2D eigenvalue weighted by molar-refractivity contribution is -0.141. The first-order valence-electron chi connectivity index (χ1n) is 6.54. The van der Waals surface area contributed by atoms with Gasteiger partial charge in [-0.2, -0.15) is 0 Å². The molecule has 1 aliphatic rings. The highest BCUT2D eigenvalue weighted by Crippen LogP contribution is 2.28. The van der Waals surface area contributed by atoms with Gasteiger partial charge >= 0.3 is 5.97 Å². The van der Waals surface area contributed by atoms with Gasteiger partial charge in [-0.3, -0.25) is 4.79 Å². The first kappa shape index (κ1) is 14.5. The Labute approximate surface area is 117 Å². The summed E-state index contributed by atoms with van der Waals surface area (Å²) < 4.78 is 10.7. The molecule has 2 heterocycles. The van der Waals surface area contributed by atoms with Crippen molar-refractivity contribution in [1.29, 1.82) is 0 Å². The number of likely N-dealkylation sites (N-methyl/N-ethyl adjacent to an activating group) is 1. The molecule has 110 valence electrons. The molecule has 0 saturated carbocycles. The maximum absolute atomic E-state index is 11.2. The Balaban J connectivity index is 2.26. The Morgan fingerprint density at radius 1 is 1.55 bits per heavy atom. The van der Waals surface area contributed by atoms with Gasteiger partial charge in [-0.15, -0.1) is 0 Å². The maximum atomic E-state index is 11.2. The van der Waals surface area contributed by atoms with E-state index in [1.165, 1.54) is 6.33 Å². The van der Waals surface area contributed by atoms with Crippen LogP contribution in [0.5, 0.6) is 5.88 Å². The van der Waals surface area contributed by atoms with Crippen LogP contribution in [0.15, 0.2) is 6.33 Å². The Hall–Kier alpha value is -1.89. The lowest BCUT2D eigenvalue weighted by atomic mass is 10.0. The fraction of sp³-hybridized carbons (Fsp3) is 0.615. The van der Waals surface area contributed by atoms with Gasteiger partial charge in [-0.1, -0.05) is 0 Å². The van der Waals surface area contributed by atoms with Crippen LogP contribution in [0.25, 0.3) is 0 Å². The molecule has 2 unspecified atom stereocenters. The molecular formula is C13H19N3O4. The van der Waals surface area contributed by atoms with Crippen molar-refractivity contribution in [2.45, 2.75) is 19.9 Å². The zero-order chi connectivity index (χ0) is 14.7. The molecule has 1 saturated heterocycles. The lowest BCUT2D eigenvalue weighted by Crippen LogP contribution is -2.41. The van der Waals surface area contributed by atoms with Crippen molar-refractivity contribution in [1.82, 2.24) is 9.97 Å². The Morgan fingerprint density at radius 3 is 2.95 bits per heavy atom. The second kappa shape index (κ2) is 6.04. The molecule has 1 fully saturated rings. The van der Waals surface area contributed by atoms with E-state index in [1.807, 2.05) is 25.8 Å². The summed E-state index contributed by atoms with van der Waals surface area (Å²) >= 11 is 0. The lowest BCUT2D eigenvalue weighted by Gasteiger charge is -2.28. The monoisotopic (exact) mass is 281 g/mol. The molecule has 1 N–H and O–H groups in total. The van der Waals surface area contributed by atoms with Gasteiger partial charge in [-0.25, -0.2) is 9.97 Å². The highest BCUT2D eigenvalue weighted by atomic mass is 16.5. The summed E-state index contributed by atoms with van der Waals surface area (Å²) in [6.45, 7) is 4.87. The van der Waals surface area contributed by atoms with Gasteiger partial charge in [0.05, 0.1) is 31.4 Å². The molecule has 0 bridgehead atoms. The largest absolute Gasteiger partial charge is 0.481 e. The molecule has 2 rings (SSSR count). The number of aromatic nitrogens is 2. The van der Waals surface area contributed by atoms with Crippen LogP contribution in [0.2, 0.25) is 0 Å². The normalized spacial score (nSPS) is 21.8. The van der Waals surface area contributed by atoms with E-state index < -0.39 is 11.9 Å². The molecule has 20 heavy (non-hydrogen) atoms. The number of hydrogen-bond donors (Lipinski definition) is 1. The minimum absolute atomic E-state index is 0.229. The number of carboxylic acid groups (broad SMARTS) is 1. The van der Waals surface area contributed by atoms with Crippen LogP contribution in [0, 0.1) is 12.8 Å². The van der Waals surface area contributed by atoms with Gasteiger partial charge in [-0.05, 0) is 13.8 Å². The van der Waals surface area contributed by atoms with Crippen molar-refractivity contribution < 1.29 is 19.4 Å². The third-order valence-electron chi connectivity index (χ3n) is 3.49. The zero-order valence-electron chi connectivity index (χ0n) is 11.9. The topological polar surface area (TPSA) is 84.8 Å². The number of aliphatic carboxylic acids is 1. The van der Waals surface area contributed by atoms with Crippen LogP contribution >= 0.6 is 0 Å². The zero-order valence-corrected chi connectivity index (χ0v) is 11.9. The fourth-order valence-corrected chi connectivity index (χ4v) is 2.38. The highest BCUT2D eigenvalue weighted by Gasteiger charge is 2.37. The molecule has 1 aromatic rings. The highest BCUT2D eigenvalue weighted by molar-refractivity contribution is 5.72. The average molecular weight is 281 g/mol. The summed E-state index contributed by atoms with van der Waals surface area (Å²) in [7, 11) is 1.82. The molecule has 0 aromatic carbocycles. The Morgan fingerprint density at radius 2 is 2.30 bits per heavy atom. The molecule has 1 aliphatic heterocycles. The Kier molecular flexibility index (Phi) is 4.39. The average Bonchev–Trinajstić information content (AvgIpc) is 2.90. The van der Waals surface area contributed by atoms with Gasteiger partial charge < -0.3 is 19.5 Å². The molecule has 7 nitrogen and oxygen atoms in total. The maximum Gasteiger partial charge on any atom is 0.311 e. The summed E-state index contributed by atoms with van der Waals surface area (Å²) in [5.74, 6) is -0.207. The van der Waals surface area contributed by atoms with E-state index in [1.54, 1.807) is 0 Å². The van der Waals surface area contributed by atoms with E-state index in [9.17, 15) is 9.90 Å². The molecule has 2 atom stereocenters. The van der Waals surface area contributed by atoms with Crippen LogP contribution in [-0.2, 0) is 9.53 Å². The van der Waals surface area contributed by atoms with E-state index in [2.05, 4.69) is 9.97 Å². The predicted molar refractivity (Wildman–Crippen MR) is 72.1 cm³/mol. The van der Waals surface area contributed by atoms with Gasteiger partial charge in [0.25, 0.3) is 0 Å². The Bertz CT molecular complexity index is 495.